The van der Waals surface area contributed by atoms with Gasteiger partial charge in [0.1, 0.15) is 0 Å². The van der Waals surface area contributed by atoms with E-state index in [0.29, 0.717) is 27.9 Å². The highest BCUT2D eigenvalue weighted by atomic mass is 32.1. The van der Waals surface area contributed by atoms with E-state index in [4.69, 9.17) is 9.47 Å². The highest BCUT2D eigenvalue weighted by Gasteiger charge is 2.20. The number of rotatable bonds is 5. The quantitative estimate of drug-likeness (QED) is 0.426. The number of anilines is 2. The highest BCUT2D eigenvalue weighted by molar-refractivity contribution is 7.14. The minimum atomic E-state index is -0.166. The number of nitrogens with zero attached hydrogens (tertiary/aromatic N) is 2. The molecule has 0 saturated heterocycles. The van der Waals surface area contributed by atoms with E-state index in [-0.39, 0.29) is 18.5 Å². The Kier molecular flexibility index (Phi) is 5.37. The summed E-state index contributed by atoms with van der Waals surface area (Å²) in [5.74, 6) is 0.914. The lowest BCUT2D eigenvalue weighted by Gasteiger charge is -2.21. The minimum absolute atomic E-state index is 0.120. The molecule has 1 amide bonds. The molecule has 30 heavy (non-hydrogen) atoms. The average molecular weight is 420 g/mol. The van der Waals surface area contributed by atoms with E-state index in [2.05, 4.69) is 4.98 Å². The topological polar surface area (TPSA) is 68.7 Å². The van der Waals surface area contributed by atoms with Gasteiger partial charge in [-0.2, -0.15) is 0 Å². The molecule has 4 rings (SSSR count). The van der Waals surface area contributed by atoms with Crippen molar-refractivity contribution in [3.05, 3.63) is 70.2 Å². The summed E-state index contributed by atoms with van der Waals surface area (Å²) >= 11 is 1.35. The SMILES string of the molecule is CC(=O)N(c1nc(/C=C/C(=O)c2ccc3c(c2)OCO3)cs1)c1cccc(C)c1C. The van der Waals surface area contributed by atoms with Crippen molar-refractivity contribution >= 4 is 39.9 Å². The molecule has 2 heterocycles. The molecular formula is C23H20N2O4S. The van der Waals surface area contributed by atoms with Crippen LogP contribution in [-0.4, -0.2) is 23.5 Å². The molecule has 0 bridgehead atoms. The van der Waals surface area contributed by atoms with Crippen molar-refractivity contribution in [1.29, 1.82) is 0 Å². The Morgan fingerprint density at radius 1 is 1.13 bits per heavy atom. The molecule has 0 fully saturated rings. The van der Waals surface area contributed by atoms with Gasteiger partial charge in [-0.3, -0.25) is 14.5 Å². The number of hydrogen-bond donors (Lipinski definition) is 0. The minimum Gasteiger partial charge on any atom is -0.454 e. The molecule has 7 heteroatoms. The molecule has 6 nitrogen and oxygen atoms in total. The number of carbonyl (C=O) groups excluding carboxylic acids is 2. The van der Waals surface area contributed by atoms with Crippen molar-refractivity contribution in [3.63, 3.8) is 0 Å². The maximum atomic E-state index is 12.5. The van der Waals surface area contributed by atoms with Gasteiger partial charge in [-0.05, 0) is 61.4 Å². The zero-order valence-electron chi connectivity index (χ0n) is 16.8. The number of aryl methyl sites for hydroxylation is 1. The zero-order chi connectivity index (χ0) is 21.3. The fourth-order valence-corrected chi connectivity index (χ4v) is 4.00. The van der Waals surface area contributed by atoms with Crippen LogP contribution < -0.4 is 14.4 Å². The van der Waals surface area contributed by atoms with Gasteiger partial charge in [-0.15, -0.1) is 11.3 Å². The van der Waals surface area contributed by atoms with Gasteiger partial charge in [0, 0.05) is 17.9 Å². The van der Waals surface area contributed by atoms with E-state index in [0.717, 1.165) is 16.8 Å². The second kappa shape index (κ2) is 8.12. The number of amides is 1. The molecule has 0 unspecified atom stereocenters. The Balaban J connectivity index is 1.56. The first-order chi connectivity index (χ1) is 14.4. The number of ketones is 1. The number of fused-ring (bicyclic) bond motifs is 1. The molecule has 1 aliphatic rings. The van der Waals surface area contributed by atoms with Gasteiger partial charge in [0.25, 0.3) is 0 Å². The van der Waals surface area contributed by atoms with Gasteiger partial charge in [0.15, 0.2) is 22.4 Å². The Hall–Kier alpha value is -3.45. The van der Waals surface area contributed by atoms with Crippen molar-refractivity contribution < 1.29 is 19.1 Å². The van der Waals surface area contributed by atoms with Gasteiger partial charge in [0.05, 0.1) is 11.4 Å². The van der Waals surface area contributed by atoms with E-state index in [1.54, 1.807) is 29.2 Å². The maximum absolute atomic E-state index is 12.5. The molecule has 0 N–H and O–H groups in total. The molecule has 0 saturated carbocycles. The molecule has 1 aliphatic heterocycles. The molecule has 0 atom stereocenters. The van der Waals surface area contributed by atoms with Crippen molar-refractivity contribution in [2.75, 3.05) is 11.7 Å². The summed E-state index contributed by atoms with van der Waals surface area (Å²) in [6.45, 7) is 5.67. The van der Waals surface area contributed by atoms with Crippen LogP contribution in [0.2, 0.25) is 0 Å². The van der Waals surface area contributed by atoms with Crippen LogP contribution in [-0.2, 0) is 4.79 Å². The fraction of sp³-hybridized carbons (Fsp3) is 0.174. The lowest BCUT2D eigenvalue weighted by atomic mass is 10.1. The lowest BCUT2D eigenvalue weighted by Crippen LogP contribution is -2.23. The predicted molar refractivity (Wildman–Crippen MR) is 117 cm³/mol. The highest BCUT2D eigenvalue weighted by Crippen LogP contribution is 2.34. The third kappa shape index (κ3) is 3.84. The average Bonchev–Trinajstić information content (AvgIpc) is 3.38. The van der Waals surface area contributed by atoms with Crippen LogP contribution in [0, 0.1) is 13.8 Å². The lowest BCUT2D eigenvalue weighted by molar-refractivity contribution is -0.115. The van der Waals surface area contributed by atoms with Crippen LogP contribution in [0.3, 0.4) is 0 Å². The number of aromatic nitrogens is 1. The van der Waals surface area contributed by atoms with E-state index in [1.165, 1.54) is 24.3 Å². The van der Waals surface area contributed by atoms with Crippen molar-refractivity contribution in [2.24, 2.45) is 0 Å². The van der Waals surface area contributed by atoms with Gasteiger partial charge in [0.2, 0.25) is 12.7 Å². The van der Waals surface area contributed by atoms with E-state index in [1.807, 2.05) is 37.4 Å². The molecule has 3 aromatic rings. The van der Waals surface area contributed by atoms with Crippen LogP contribution in [0.1, 0.15) is 34.1 Å². The van der Waals surface area contributed by atoms with Crippen LogP contribution >= 0.6 is 11.3 Å². The Morgan fingerprint density at radius 3 is 2.73 bits per heavy atom. The van der Waals surface area contributed by atoms with Crippen molar-refractivity contribution in [2.45, 2.75) is 20.8 Å². The normalized spacial score (nSPS) is 12.4. The standard InChI is InChI=1S/C23H20N2O4S/c1-14-5-4-6-19(15(14)2)25(16(3)26)23-24-18(12-30-23)8-9-20(27)17-7-10-21-22(11-17)29-13-28-21/h4-12H,13H2,1-3H3/b9-8+. The zero-order valence-corrected chi connectivity index (χ0v) is 17.7. The number of carbonyl (C=O) groups is 2. The van der Waals surface area contributed by atoms with Gasteiger partial charge in [-0.1, -0.05) is 12.1 Å². The molecule has 1 aromatic heterocycles. The van der Waals surface area contributed by atoms with Crippen LogP contribution in [0.15, 0.2) is 47.9 Å². The van der Waals surface area contributed by atoms with Gasteiger partial charge in [-0.25, -0.2) is 4.98 Å². The molecular weight excluding hydrogens is 400 g/mol. The predicted octanol–water partition coefficient (Wildman–Crippen LogP) is 5.07. The van der Waals surface area contributed by atoms with Gasteiger partial charge < -0.3 is 9.47 Å². The number of hydrogen-bond acceptors (Lipinski definition) is 6. The number of ether oxygens (including phenoxy) is 2. The second-order valence-corrected chi connectivity index (χ2v) is 7.73. The van der Waals surface area contributed by atoms with Crippen LogP contribution in [0.25, 0.3) is 6.08 Å². The third-order valence-electron chi connectivity index (χ3n) is 4.90. The first kappa shape index (κ1) is 19.8. The summed E-state index contributed by atoms with van der Waals surface area (Å²) in [4.78, 5) is 31.0. The number of allylic oxidation sites excluding steroid dienone is 1. The van der Waals surface area contributed by atoms with Gasteiger partial charge >= 0.3 is 0 Å². The largest absolute Gasteiger partial charge is 0.454 e. The monoisotopic (exact) mass is 420 g/mol. The third-order valence-corrected chi connectivity index (χ3v) is 5.74. The van der Waals surface area contributed by atoms with E-state index >= 15 is 0 Å². The molecule has 152 valence electrons. The van der Waals surface area contributed by atoms with Crippen LogP contribution in [0.5, 0.6) is 11.5 Å². The summed E-state index contributed by atoms with van der Waals surface area (Å²) in [6, 6.07) is 10.9. The van der Waals surface area contributed by atoms with E-state index in [9.17, 15) is 9.59 Å². The summed E-state index contributed by atoms with van der Waals surface area (Å²) < 4.78 is 10.6. The Labute approximate surface area is 178 Å². The summed E-state index contributed by atoms with van der Waals surface area (Å²) in [5, 5.41) is 2.38. The first-order valence-electron chi connectivity index (χ1n) is 9.38. The first-order valence-corrected chi connectivity index (χ1v) is 10.3. The smallest absolute Gasteiger partial charge is 0.231 e. The van der Waals surface area contributed by atoms with Crippen molar-refractivity contribution in [1.82, 2.24) is 4.98 Å². The molecule has 0 spiro atoms. The number of benzene rings is 2. The molecule has 2 aromatic carbocycles. The molecule has 0 radical (unpaired) electrons. The summed E-state index contributed by atoms with van der Waals surface area (Å²) in [5.41, 5.74) is 4.05. The maximum Gasteiger partial charge on any atom is 0.231 e. The summed E-state index contributed by atoms with van der Waals surface area (Å²) in [6.07, 6.45) is 3.11. The van der Waals surface area contributed by atoms with Crippen LogP contribution in [0.4, 0.5) is 10.8 Å². The molecule has 0 aliphatic carbocycles. The van der Waals surface area contributed by atoms with E-state index < -0.39 is 0 Å². The Morgan fingerprint density at radius 2 is 1.93 bits per heavy atom. The number of thiazole rings is 1. The summed E-state index contributed by atoms with van der Waals surface area (Å²) in [7, 11) is 0. The van der Waals surface area contributed by atoms with Crippen molar-refractivity contribution in [3.8, 4) is 11.5 Å². The second-order valence-electron chi connectivity index (χ2n) is 6.89. The Bertz CT molecular complexity index is 1170. The fourth-order valence-electron chi connectivity index (χ4n) is 3.15.